The van der Waals surface area contributed by atoms with E-state index in [1.54, 1.807) is 0 Å². The fourth-order valence-electron chi connectivity index (χ4n) is 0.892. The largest absolute Gasteiger partial charge is 0.400 e. The van der Waals surface area contributed by atoms with E-state index in [1.165, 1.54) is 0 Å². The quantitative estimate of drug-likeness (QED) is 0.541. The van der Waals surface area contributed by atoms with E-state index >= 15 is 0 Å². The molecule has 0 amide bonds. The van der Waals surface area contributed by atoms with Crippen molar-refractivity contribution >= 4 is 0 Å². The second-order valence-corrected chi connectivity index (χ2v) is 2.06. The van der Waals surface area contributed by atoms with Crippen molar-refractivity contribution < 1.29 is 13.9 Å². The van der Waals surface area contributed by atoms with Crippen molar-refractivity contribution in [3.05, 3.63) is 0 Å². The van der Waals surface area contributed by atoms with Gasteiger partial charge in [0.25, 0.3) is 0 Å². The summed E-state index contributed by atoms with van der Waals surface area (Å²) in [6, 6.07) is 0. The van der Waals surface area contributed by atoms with E-state index < -0.39 is 5.92 Å². The van der Waals surface area contributed by atoms with Crippen LogP contribution in [0, 0.1) is 0 Å². The number of aliphatic hydroxyl groups is 1. The number of aliphatic hydroxyl groups excluding tert-OH is 1. The van der Waals surface area contributed by atoms with Crippen molar-refractivity contribution in [2.45, 2.75) is 31.6 Å². The maximum absolute atomic E-state index is 11.9. The lowest BCUT2D eigenvalue weighted by molar-refractivity contribution is 0.00932. The Bertz CT molecular complexity index is 65.5. The average Bonchev–Trinajstić information content (AvgIpc) is 2.19. The van der Waals surface area contributed by atoms with Crippen LogP contribution in [0.3, 0.4) is 0 Å². The summed E-state index contributed by atoms with van der Waals surface area (Å²) >= 11 is 0. The first kappa shape index (κ1) is 8.82. The van der Waals surface area contributed by atoms with Crippen molar-refractivity contribution in [1.29, 1.82) is 0 Å². The van der Waals surface area contributed by atoms with Gasteiger partial charge in [0.2, 0.25) is 5.92 Å². The third-order valence-electron chi connectivity index (χ3n) is 1.34. The predicted molar refractivity (Wildman–Crippen MR) is 31.6 cm³/mol. The van der Waals surface area contributed by atoms with Gasteiger partial charge in [-0.15, -0.1) is 0 Å². The molecule has 0 bridgehead atoms. The summed E-state index contributed by atoms with van der Waals surface area (Å²) < 4.78 is 23.9. The standard InChI is InChI=1S/C5H8F2.CH4O/c6-5(7)3-1-2-4-5;1-2/h1-4H2;2H,1H3. The zero-order valence-corrected chi connectivity index (χ0v) is 5.53. The molecule has 1 aliphatic rings. The van der Waals surface area contributed by atoms with E-state index in [-0.39, 0.29) is 12.8 Å². The second-order valence-electron chi connectivity index (χ2n) is 2.06. The molecule has 0 aromatic heterocycles. The molecule has 0 aromatic carbocycles. The molecular formula is C6H12F2O. The highest BCUT2D eigenvalue weighted by atomic mass is 19.3. The number of hydrogen-bond acceptors (Lipinski definition) is 1. The van der Waals surface area contributed by atoms with E-state index in [4.69, 9.17) is 5.11 Å². The third kappa shape index (κ3) is 3.40. The molecule has 0 radical (unpaired) electrons. The van der Waals surface area contributed by atoms with Crippen molar-refractivity contribution in [2.24, 2.45) is 0 Å². The molecule has 9 heavy (non-hydrogen) atoms. The minimum absolute atomic E-state index is 0.118. The summed E-state index contributed by atoms with van der Waals surface area (Å²) in [6.07, 6.45) is 1.67. The molecule has 0 spiro atoms. The molecule has 0 heterocycles. The van der Waals surface area contributed by atoms with Gasteiger partial charge in [0.15, 0.2) is 0 Å². The van der Waals surface area contributed by atoms with Gasteiger partial charge in [-0.3, -0.25) is 0 Å². The smallest absolute Gasteiger partial charge is 0.248 e. The van der Waals surface area contributed by atoms with Gasteiger partial charge in [0.05, 0.1) is 0 Å². The number of alkyl halides is 2. The van der Waals surface area contributed by atoms with Crippen LogP contribution in [0.5, 0.6) is 0 Å². The Hall–Kier alpha value is -0.180. The lowest BCUT2D eigenvalue weighted by Crippen LogP contribution is -2.06. The van der Waals surface area contributed by atoms with Crippen LogP contribution in [0.4, 0.5) is 8.78 Å². The Balaban J connectivity index is 0.000000291. The third-order valence-corrected chi connectivity index (χ3v) is 1.34. The fourth-order valence-corrected chi connectivity index (χ4v) is 0.892. The minimum Gasteiger partial charge on any atom is -0.400 e. The molecule has 0 unspecified atom stereocenters. The van der Waals surface area contributed by atoms with E-state index in [0.29, 0.717) is 12.8 Å². The molecule has 56 valence electrons. The molecule has 1 N–H and O–H groups in total. The SMILES string of the molecule is CO.FC1(F)CCCC1. The molecule has 1 rings (SSSR count). The van der Waals surface area contributed by atoms with Gasteiger partial charge in [-0.1, -0.05) is 0 Å². The van der Waals surface area contributed by atoms with Crippen LogP contribution in [0.2, 0.25) is 0 Å². The summed E-state index contributed by atoms with van der Waals surface area (Å²) in [6.45, 7) is 0. The lowest BCUT2D eigenvalue weighted by atomic mass is 10.3. The lowest BCUT2D eigenvalue weighted by Gasteiger charge is -2.03. The average molecular weight is 138 g/mol. The number of rotatable bonds is 0. The van der Waals surface area contributed by atoms with Crippen molar-refractivity contribution in [3.8, 4) is 0 Å². The van der Waals surface area contributed by atoms with Crippen LogP contribution in [-0.2, 0) is 0 Å². The van der Waals surface area contributed by atoms with Gasteiger partial charge < -0.3 is 5.11 Å². The van der Waals surface area contributed by atoms with Crippen LogP contribution in [0.1, 0.15) is 25.7 Å². The Kier molecular flexibility index (Phi) is 3.70. The van der Waals surface area contributed by atoms with Crippen LogP contribution in [0.25, 0.3) is 0 Å². The Labute approximate surface area is 53.7 Å². The summed E-state index contributed by atoms with van der Waals surface area (Å²) in [5.74, 6) is -2.31. The van der Waals surface area contributed by atoms with Crippen molar-refractivity contribution in [1.82, 2.24) is 0 Å². The van der Waals surface area contributed by atoms with Gasteiger partial charge in [-0.2, -0.15) is 0 Å². The van der Waals surface area contributed by atoms with Crippen LogP contribution < -0.4 is 0 Å². The molecule has 1 aliphatic carbocycles. The second kappa shape index (κ2) is 3.77. The summed E-state index contributed by atoms with van der Waals surface area (Å²) in [7, 11) is 1.00. The fraction of sp³-hybridized carbons (Fsp3) is 1.00. The van der Waals surface area contributed by atoms with Gasteiger partial charge >= 0.3 is 0 Å². The molecule has 1 fully saturated rings. The van der Waals surface area contributed by atoms with Crippen molar-refractivity contribution in [2.75, 3.05) is 7.11 Å². The van der Waals surface area contributed by atoms with E-state index in [2.05, 4.69) is 0 Å². The van der Waals surface area contributed by atoms with E-state index in [0.717, 1.165) is 7.11 Å². The molecule has 0 aromatic rings. The Morgan fingerprint density at radius 2 is 1.44 bits per heavy atom. The normalized spacial score (nSPS) is 22.7. The topological polar surface area (TPSA) is 20.2 Å². The molecule has 1 saturated carbocycles. The summed E-state index contributed by atoms with van der Waals surface area (Å²) in [5.41, 5.74) is 0. The molecule has 3 heteroatoms. The van der Waals surface area contributed by atoms with Crippen LogP contribution >= 0.6 is 0 Å². The number of halogens is 2. The first-order valence-corrected chi connectivity index (χ1v) is 3.03. The molecule has 0 aliphatic heterocycles. The van der Waals surface area contributed by atoms with Crippen LogP contribution in [0.15, 0.2) is 0 Å². The van der Waals surface area contributed by atoms with Crippen molar-refractivity contribution in [3.63, 3.8) is 0 Å². The molecule has 1 nitrogen and oxygen atoms in total. The predicted octanol–water partition coefficient (Wildman–Crippen LogP) is 1.80. The highest BCUT2D eigenvalue weighted by Gasteiger charge is 2.32. The Morgan fingerprint density at radius 3 is 1.56 bits per heavy atom. The Morgan fingerprint density at radius 1 is 1.11 bits per heavy atom. The first-order valence-electron chi connectivity index (χ1n) is 3.03. The molecular weight excluding hydrogens is 126 g/mol. The van der Waals surface area contributed by atoms with E-state index in [1.807, 2.05) is 0 Å². The van der Waals surface area contributed by atoms with Gasteiger partial charge in [0.1, 0.15) is 0 Å². The maximum Gasteiger partial charge on any atom is 0.248 e. The highest BCUT2D eigenvalue weighted by molar-refractivity contribution is 4.72. The van der Waals surface area contributed by atoms with Crippen LogP contribution in [-0.4, -0.2) is 18.1 Å². The highest BCUT2D eigenvalue weighted by Crippen LogP contribution is 2.33. The van der Waals surface area contributed by atoms with E-state index in [9.17, 15) is 8.78 Å². The minimum atomic E-state index is -2.31. The van der Waals surface area contributed by atoms with Gasteiger partial charge in [-0.05, 0) is 12.8 Å². The van der Waals surface area contributed by atoms with Gasteiger partial charge in [-0.25, -0.2) is 8.78 Å². The first-order chi connectivity index (χ1) is 4.21. The monoisotopic (exact) mass is 138 g/mol. The summed E-state index contributed by atoms with van der Waals surface area (Å²) in [4.78, 5) is 0. The maximum atomic E-state index is 11.9. The number of hydrogen-bond donors (Lipinski definition) is 1. The molecule has 0 saturated heterocycles. The summed E-state index contributed by atoms with van der Waals surface area (Å²) in [5, 5.41) is 7.00. The zero-order valence-electron chi connectivity index (χ0n) is 5.53. The zero-order chi connectivity index (χ0) is 7.33. The van der Waals surface area contributed by atoms with Gasteiger partial charge in [0, 0.05) is 20.0 Å². The molecule has 0 atom stereocenters.